The molecule has 6 nitrogen and oxygen atoms in total. The van der Waals surface area contributed by atoms with Crippen molar-refractivity contribution < 1.29 is 10.2 Å². The van der Waals surface area contributed by atoms with Crippen LogP contribution in [0.5, 0.6) is 11.5 Å². The summed E-state index contributed by atoms with van der Waals surface area (Å²) in [5.41, 5.74) is 5.26. The summed E-state index contributed by atoms with van der Waals surface area (Å²) in [5, 5.41) is 29.5. The number of rotatable bonds is 2. The summed E-state index contributed by atoms with van der Waals surface area (Å²) in [6.45, 7) is 4.09. The number of aromatic nitrogens is 4. The minimum absolute atomic E-state index is 0.0202. The first-order valence-electron chi connectivity index (χ1n) is 7.72. The van der Waals surface area contributed by atoms with Gasteiger partial charge in [-0.15, -0.1) is 17.7 Å². The summed E-state index contributed by atoms with van der Waals surface area (Å²) >= 11 is 4.47. The van der Waals surface area contributed by atoms with Crippen LogP contribution in [0.4, 0.5) is 0 Å². The van der Waals surface area contributed by atoms with Crippen molar-refractivity contribution in [2.75, 3.05) is 0 Å². The van der Waals surface area contributed by atoms with Gasteiger partial charge < -0.3 is 15.2 Å². The fourth-order valence-corrected chi connectivity index (χ4v) is 3.36. The molecule has 0 fully saturated rings. The van der Waals surface area contributed by atoms with Crippen LogP contribution in [-0.4, -0.2) is 30.2 Å². The van der Waals surface area contributed by atoms with Gasteiger partial charge in [0, 0.05) is 28.2 Å². The van der Waals surface area contributed by atoms with Gasteiger partial charge in [0.25, 0.3) is 0 Å². The van der Waals surface area contributed by atoms with E-state index in [1.54, 1.807) is 6.07 Å². The zero-order chi connectivity index (χ0) is 17.7. The minimum Gasteiger partial charge on any atom is -0.508 e. The van der Waals surface area contributed by atoms with Crippen LogP contribution in [0.1, 0.15) is 11.3 Å². The highest BCUT2D eigenvalue weighted by Gasteiger charge is 2.20. The second-order valence-electron chi connectivity index (χ2n) is 5.95. The maximum atomic E-state index is 10.2. The summed E-state index contributed by atoms with van der Waals surface area (Å²) in [7, 11) is 0. The molecule has 7 heteroatoms. The lowest BCUT2D eigenvalue weighted by Crippen LogP contribution is -2.00. The van der Waals surface area contributed by atoms with Gasteiger partial charge in [-0.1, -0.05) is 17.3 Å². The van der Waals surface area contributed by atoms with Crippen LogP contribution in [0.25, 0.3) is 27.8 Å². The number of fused-ring (bicyclic) bond motifs is 1. The topological polar surface area (TPSA) is 87.0 Å². The summed E-state index contributed by atoms with van der Waals surface area (Å²) < 4.78 is 1.54. The zero-order valence-corrected chi connectivity index (χ0v) is 14.5. The fraction of sp³-hybridized carbons (Fsp3) is 0.111. The monoisotopic (exact) mass is 352 g/mol. The van der Waals surface area contributed by atoms with Crippen LogP contribution in [0, 0.1) is 13.8 Å². The molecule has 0 atom stereocenters. The highest BCUT2D eigenvalue weighted by molar-refractivity contribution is 7.80. The van der Waals surface area contributed by atoms with Crippen LogP contribution in [0.15, 0.2) is 41.4 Å². The van der Waals surface area contributed by atoms with Crippen molar-refractivity contribution in [3.63, 3.8) is 0 Å². The third kappa shape index (κ3) is 2.35. The molecule has 25 heavy (non-hydrogen) atoms. The minimum atomic E-state index is -0.0892. The van der Waals surface area contributed by atoms with Crippen LogP contribution in [-0.2, 0) is 0 Å². The molecule has 126 valence electrons. The van der Waals surface area contributed by atoms with E-state index in [4.69, 9.17) is 0 Å². The van der Waals surface area contributed by atoms with Crippen LogP contribution in [0.2, 0.25) is 0 Å². The number of nitrogens with one attached hydrogen (secondary N) is 1. The average molecular weight is 352 g/mol. The maximum Gasteiger partial charge on any atom is 0.145 e. The Kier molecular flexibility index (Phi) is 3.47. The van der Waals surface area contributed by atoms with Gasteiger partial charge in [0.05, 0.1) is 0 Å². The van der Waals surface area contributed by atoms with E-state index in [0.717, 1.165) is 27.7 Å². The van der Waals surface area contributed by atoms with Gasteiger partial charge in [-0.3, -0.25) is 0 Å². The van der Waals surface area contributed by atoms with Gasteiger partial charge in [0.15, 0.2) is 0 Å². The number of phenols is 2. The molecule has 0 saturated heterocycles. The lowest BCUT2D eigenvalue weighted by Gasteiger charge is -2.10. The molecule has 0 aliphatic rings. The Labute approximate surface area is 149 Å². The standard InChI is InChI=1S/C18H16N4O2S/c1-9-10(2)19-13-5-3-4-12(16(9)13)17-18(25)20-21-22(17)14-7-6-11(23)8-15(14)24/h3-8,19,23-25H,1-2H3. The second-order valence-corrected chi connectivity index (χ2v) is 6.37. The third-order valence-electron chi connectivity index (χ3n) is 4.42. The Morgan fingerprint density at radius 3 is 2.68 bits per heavy atom. The van der Waals surface area contributed by atoms with Crippen molar-refractivity contribution >= 4 is 23.5 Å². The van der Waals surface area contributed by atoms with Crippen LogP contribution >= 0.6 is 12.6 Å². The van der Waals surface area contributed by atoms with E-state index in [1.807, 2.05) is 25.1 Å². The number of hydrogen-bond acceptors (Lipinski definition) is 5. The predicted molar refractivity (Wildman–Crippen MR) is 98.7 cm³/mol. The molecule has 2 heterocycles. The summed E-state index contributed by atoms with van der Waals surface area (Å²) in [5.74, 6) is -0.109. The summed E-state index contributed by atoms with van der Waals surface area (Å²) in [4.78, 5) is 3.37. The van der Waals surface area contributed by atoms with Crippen molar-refractivity contribution in [1.82, 2.24) is 20.0 Å². The van der Waals surface area contributed by atoms with Crippen molar-refractivity contribution in [3.8, 4) is 28.4 Å². The number of aromatic amines is 1. The number of thiol groups is 1. The number of H-pyrrole nitrogens is 1. The number of benzene rings is 2. The van der Waals surface area contributed by atoms with E-state index in [2.05, 4.69) is 34.8 Å². The Morgan fingerprint density at radius 1 is 1.12 bits per heavy atom. The predicted octanol–water partition coefficient (Wildman–Crippen LogP) is 3.73. The largest absolute Gasteiger partial charge is 0.508 e. The van der Waals surface area contributed by atoms with Gasteiger partial charge in [0.1, 0.15) is 27.9 Å². The SMILES string of the molecule is Cc1[nH]c2cccc(-c3c(S)nnn3-c3ccc(O)cc3O)c2c1C. The lowest BCUT2D eigenvalue weighted by molar-refractivity contribution is 0.447. The zero-order valence-electron chi connectivity index (χ0n) is 13.6. The van der Waals surface area contributed by atoms with Crippen molar-refractivity contribution in [1.29, 1.82) is 0 Å². The Bertz CT molecular complexity index is 1110. The number of aromatic hydroxyl groups is 2. The molecule has 0 saturated carbocycles. The molecule has 0 unspecified atom stereocenters. The van der Waals surface area contributed by atoms with E-state index in [9.17, 15) is 10.2 Å². The van der Waals surface area contributed by atoms with Gasteiger partial charge in [-0.05, 0) is 37.6 Å². The highest BCUT2D eigenvalue weighted by Crippen LogP contribution is 2.37. The molecule has 3 N–H and O–H groups in total. The number of phenolic OH excluding ortho intramolecular Hbond substituents is 2. The van der Waals surface area contributed by atoms with E-state index >= 15 is 0 Å². The van der Waals surface area contributed by atoms with E-state index in [1.165, 1.54) is 16.8 Å². The third-order valence-corrected chi connectivity index (χ3v) is 4.72. The van der Waals surface area contributed by atoms with Gasteiger partial charge in [-0.25, -0.2) is 4.68 Å². The fourth-order valence-electron chi connectivity index (χ4n) is 3.11. The average Bonchev–Trinajstić information content (AvgIpc) is 3.08. The molecule has 0 aliphatic carbocycles. The molecule has 0 bridgehead atoms. The highest BCUT2D eigenvalue weighted by atomic mass is 32.1. The molecule has 4 aromatic rings. The van der Waals surface area contributed by atoms with Crippen LogP contribution in [0.3, 0.4) is 0 Å². The normalized spacial score (nSPS) is 11.3. The van der Waals surface area contributed by atoms with Gasteiger partial charge in [-0.2, -0.15) is 0 Å². The van der Waals surface area contributed by atoms with E-state index < -0.39 is 0 Å². The Balaban J connectivity index is 2.04. The van der Waals surface area contributed by atoms with E-state index in [0.29, 0.717) is 16.4 Å². The van der Waals surface area contributed by atoms with Crippen LogP contribution < -0.4 is 0 Å². The summed E-state index contributed by atoms with van der Waals surface area (Å²) in [6.07, 6.45) is 0. The quantitative estimate of drug-likeness (QED) is 0.414. The van der Waals surface area contributed by atoms with Crippen molar-refractivity contribution in [3.05, 3.63) is 47.7 Å². The molecule has 0 radical (unpaired) electrons. The smallest absolute Gasteiger partial charge is 0.145 e. The first-order chi connectivity index (χ1) is 12.0. The Morgan fingerprint density at radius 2 is 1.92 bits per heavy atom. The molecule has 2 aromatic carbocycles. The Hall–Kier alpha value is -2.93. The summed E-state index contributed by atoms with van der Waals surface area (Å²) in [6, 6.07) is 10.3. The first kappa shape index (κ1) is 15.6. The first-order valence-corrected chi connectivity index (χ1v) is 8.17. The number of nitrogens with zero attached hydrogens (tertiary/aromatic N) is 3. The van der Waals surface area contributed by atoms with E-state index in [-0.39, 0.29) is 11.5 Å². The lowest BCUT2D eigenvalue weighted by atomic mass is 10.0. The molecule has 0 amide bonds. The molecule has 4 rings (SSSR count). The van der Waals surface area contributed by atoms with Gasteiger partial charge in [0.2, 0.25) is 0 Å². The molecule has 0 spiro atoms. The molecular weight excluding hydrogens is 336 g/mol. The molecule has 0 aliphatic heterocycles. The van der Waals surface area contributed by atoms with Crippen molar-refractivity contribution in [2.24, 2.45) is 0 Å². The molecule has 2 aromatic heterocycles. The second kappa shape index (κ2) is 5.56. The number of hydrogen-bond donors (Lipinski definition) is 4. The molecular formula is C18H16N4O2S. The maximum absolute atomic E-state index is 10.2. The number of aryl methyl sites for hydroxylation is 2. The van der Waals surface area contributed by atoms with Gasteiger partial charge >= 0.3 is 0 Å². The van der Waals surface area contributed by atoms with Crippen molar-refractivity contribution in [2.45, 2.75) is 18.9 Å².